The van der Waals surface area contributed by atoms with E-state index in [-0.39, 0.29) is 36.6 Å². The van der Waals surface area contributed by atoms with Crippen molar-refractivity contribution >= 4 is 49.8 Å². The van der Waals surface area contributed by atoms with Crippen molar-refractivity contribution < 1.29 is 22.7 Å². The molecule has 1 aromatic carbocycles. The second-order valence-corrected chi connectivity index (χ2v) is 16.3. The first-order chi connectivity index (χ1) is 22.4. The van der Waals surface area contributed by atoms with Crippen molar-refractivity contribution in [3.63, 3.8) is 0 Å². The van der Waals surface area contributed by atoms with Crippen molar-refractivity contribution in [2.45, 2.75) is 57.5 Å². The Bertz CT molecular complexity index is 1800. The number of alkyl halides is 1. The maximum absolute atomic E-state index is 14.9. The van der Waals surface area contributed by atoms with Gasteiger partial charge in [-0.15, -0.1) is 0 Å². The number of aromatic nitrogens is 3. The molecule has 0 radical (unpaired) electrons. The van der Waals surface area contributed by atoms with E-state index in [1.165, 1.54) is 19.3 Å². The number of benzene rings is 1. The third-order valence-electron chi connectivity index (χ3n) is 9.21. The van der Waals surface area contributed by atoms with Crippen LogP contribution in [0.3, 0.4) is 0 Å². The monoisotopic (exact) mass is 682 g/mol. The largest absolute Gasteiger partial charge is 0.390 e. The molecule has 2 fully saturated rings. The minimum absolute atomic E-state index is 0.0163. The third-order valence-corrected chi connectivity index (χ3v) is 10.2. The summed E-state index contributed by atoms with van der Waals surface area (Å²) in [6.07, 6.45) is 7.23. The van der Waals surface area contributed by atoms with Gasteiger partial charge in [0.05, 0.1) is 23.9 Å². The summed E-state index contributed by atoms with van der Waals surface area (Å²) in [5, 5.41) is 18.2. The van der Waals surface area contributed by atoms with Crippen LogP contribution < -0.4 is 20.4 Å². The maximum atomic E-state index is 14.9. The quantitative estimate of drug-likeness (QED) is 0.256. The molecule has 12 nitrogen and oxygen atoms in total. The van der Waals surface area contributed by atoms with E-state index in [9.17, 15) is 22.7 Å². The minimum Gasteiger partial charge on any atom is -0.390 e. The average molecular weight is 683 g/mol. The summed E-state index contributed by atoms with van der Waals surface area (Å²) in [5.74, 6) is 1.27. The lowest BCUT2D eigenvalue weighted by atomic mass is 9.86. The fourth-order valence-electron chi connectivity index (χ4n) is 6.47. The lowest BCUT2D eigenvalue weighted by Gasteiger charge is -2.48. The van der Waals surface area contributed by atoms with Gasteiger partial charge in [0.15, 0.2) is 5.67 Å². The molecule has 260 valence electrons. The molecule has 4 heterocycles. The van der Waals surface area contributed by atoms with Gasteiger partial charge in [-0.05, 0) is 77.4 Å². The number of anilines is 4. The highest BCUT2D eigenvalue weighted by molar-refractivity contribution is 7.90. The molecule has 0 bridgehead atoms. The summed E-state index contributed by atoms with van der Waals surface area (Å²) in [4.78, 5) is 32.5. The SMILES string of the molecule is C[C@@H]1[C@@H](CS(C)(=O)=O)CN1c1ccc(C(C)(C)NC(=O)/C=C/CN(C)C)c2cc(Nc3ccnc(N4CC[C@@H](O)[C@@](C)(F)C4)n3)ncc12. The fourth-order valence-corrected chi connectivity index (χ4v) is 7.63. The molecule has 5 rings (SSSR count). The van der Waals surface area contributed by atoms with Crippen LogP contribution in [0, 0.1) is 5.92 Å². The van der Waals surface area contributed by atoms with Gasteiger partial charge < -0.3 is 30.4 Å². The topological polar surface area (TPSA) is 144 Å². The van der Waals surface area contributed by atoms with E-state index < -0.39 is 27.1 Å². The zero-order chi connectivity index (χ0) is 35.0. The minimum atomic E-state index is -3.11. The molecular formula is C34H47FN8O4S. The van der Waals surface area contributed by atoms with Crippen LogP contribution in [0.15, 0.2) is 48.8 Å². The number of aliphatic hydroxyl groups is 1. The van der Waals surface area contributed by atoms with E-state index in [0.717, 1.165) is 22.0 Å². The molecule has 14 heteroatoms. The lowest BCUT2D eigenvalue weighted by molar-refractivity contribution is -0.118. The molecule has 3 N–H and O–H groups in total. The molecule has 0 unspecified atom stereocenters. The molecule has 2 aliphatic rings. The molecule has 2 saturated heterocycles. The molecule has 0 saturated carbocycles. The Hall–Kier alpha value is -3.88. The van der Waals surface area contributed by atoms with E-state index >= 15 is 0 Å². The number of piperidine rings is 1. The number of rotatable bonds is 11. The van der Waals surface area contributed by atoms with Crippen molar-refractivity contribution in [3.8, 4) is 0 Å². The van der Waals surface area contributed by atoms with Gasteiger partial charge in [0.2, 0.25) is 11.9 Å². The molecular weight excluding hydrogens is 635 g/mol. The number of carbonyl (C=O) groups excluding carboxylic acids is 1. The van der Waals surface area contributed by atoms with E-state index in [2.05, 4.69) is 25.5 Å². The second kappa shape index (κ2) is 13.6. The summed E-state index contributed by atoms with van der Waals surface area (Å²) in [6.45, 7) is 8.96. The first-order valence-electron chi connectivity index (χ1n) is 16.2. The highest BCUT2D eigenvalue weighted by Crippen LogP contribution is 2.40. The Morgan fingerprint density at radius 3 is 2.62 bits per heavy atom. The standard InChI is InChI=1S/C34H47FN8O4S/c1-22-23(20-48(7,46)47)19-43(22)27-11-10-26(33(2,3)40-31(45)9-8-15-41(5)6)24-17-30(37-18-25(24)27)38-29-12-14-36-32(39-29)42-16-13-28(44)34(4,35)21-42/h8-12,14,17-18,22-23,28,44H,13,15-16,19-21H2,1-7H3,(H,40,45)(H,36,37,38,39)/b9-8+/t22-,23-,28-,34+/m1/s1. The normalized spacial score (nSPS) is 23.5. The van der Waals surface area contributed by atoms with Crippen LogP contribution in [0.4, 0.5) is 27.7 Å². The summed E-state index contributed by atoms with van der Waals surface area (Å²) in [6, 6.07) is 7.65. The third kappa shape index (κ3) is 8.04. The number of hydrogen-bond donors (Lipinski definition) is 3. The van der Waals surface area contributed by atoms with Gasteiger partial charge in [0.1, 0.15) is 21.5 Å². The number of aliphatic hydroxyl groups excluding tert-OH is 1. The van der Waals surface area contributed by atoms with Crippen LogP contribution in [0.1, 0.15) is 39.7 Å². The second-order valence-electron chi connectivity index (χ2n) is 14.1. The summed E-state index contributed by atoms with van der Waals surface area (Å²) >= 11 is 0. The van der Waals surface area contributed by atoms with Crippen LogP contribution in [-0.4, -0.2) is 109 Å². The van der Waals surface area contributed by atoms with Crippen molar-refractivity contribution in [1.29, 1.82) is 0 Å². The van der Waals surface area contributed by atoms with Gasteiger partial charge in [-0.25, -0.2) is 22.8 Å². The number of sulfone groups is 1. The molecule has 2 aromatic heterocycles. The molecule has 0 aliphatic carbocycles. The summed E-state index contributed by atoms with van der Waals surface area (Å²) in [7, 11) is 0.759. The zero-order valence-electron chi connectivity index (χ0n) is 28.7. The average Bonchev–Trinajstić information content (AvgIpc) is 2.99. The number of carbonyl (C=O) groups is 1. The number of hydrogen-bond acceptors (Lipinski definition) is 11. The molecule has 0 spiro atoms. The summed E-state index contributed by atoms with van der Waals surface area (Å²) < 4.78 is 38.9. The number of nitrogens with zero attached hydrogens (tertiary/aromatic N) is 6. The van der Waals surface area contributed by atoms with Crippen LogP contribution in [0.2, 0.25) is 0 Å². The predicted octanol–water partition coefficient (Wildman–Crippen LogP) is 3.41. The Balaban J connectivity index is 1.48. The van der Waals surface area contributed by atoms with E-state index in [0.29, 0.717) is 37.2 Å². The van der Waals surface area contributed by atoms with Crippen LogP contribution in [0.5, 0.6) is 0 Å². The van der Waals surface area contributed by atoms with Gasteiger partial charge in [-0.1, -0.05) is 12.1 Å². The fraction of sp³-hybridized carbons (Fsp3) is 0.529. The molecule has 4 atom stereocenters. The van der Waals surface area contributed by atoms with Crippen molar-refractivity contribution in [3.05, 3.63) is 54.4 Å². The van der Waals surface area contributed by atoms with Crippen LogP contribution in [-0.2, 0) is 20.2 Å². The van der Waals surface area contributed by atoms with Crippen molar-refractivity contribution in [1.82, 2.24) is 25.2 Å². The Labute approximate surface area is 282 Å². The van der Waals surface area contributed by atoms with E-state index in [1.807, 2.05) is 64.0 Å². The maximum Gasteiger partial charge on any atom is 0.244 e. The van der Waals surface area contributed by atoms with Crippen molar-refractivity contribution in [2.24, 2.45) is 5.92 Å². The van der Waals surface area contributed by atoms with E-state index in [4.69, 9.17) is 4.98 Å². The van der Waals surface area contributed by atoms with E-state index in [1.54, 1.807) is 23.4 Å². The highest BCUT2D eigenvalue weighted by atomic mass is 32.2. The molecule has 2 aliphatic heterocycles. The van der Waals surface area contributed by atoms with Crippen molar-refractivity contribution in [2.75, 3.05) is 67.4 Å². The predicted molar refractivity (Wildman–Crippen MR) is 188 cm³/mol. The van der Waals surface area contributed by atoms with Gasteiger partial charge >= 0.3 is 0 Å². The van der Waals surface area contributed by atoms with Gasteiger partial charge in [-0.2, -0.15) is 4.98 Å². The lowest BCUT2D eigenvalue weighted by Crippen LogP contribution is -2.57. The number of pyridine rings is 1. The number of nitrogens with one attached hydrogen (secondary N) is 2. The summed E-state index contributed by atoms with van der Waals surface area (Å²) in [5.41, 5.74) is -0.737. The number of fused-ring (bicyclic) bond motifs is 1. The Morgan fingerprint density at radius 2 is 1.96 bits per heavy atom. The van der Waals surface area contributed by atoms with Gasteiger partial charge in [-0.3, -0.25) is 4.79 Å². The first kappa shape index (κ1) is 35.4. The molecule has 1 amide bonds. The van der Waals surface area contributed by atoms with Gasteiger partial charge in [0.25, 0.3) is 0 Å². The number of likely N-dealkylation sites (N-methyl/N-ethyl adjacent to an activating group) is 1. The first-order valence-corrected chi connectivity index (χ1v) is 18.2. The smallest absolute Gasteiger partial charge is 0.244 e. The Morgan fingerprint density at radius 1 is 1.21 bits per heavy atom. The zero-order valence-corrected chi connectivity index (χ0v) is 29.6. The molecule has 3 aromatic rings. The highest BCUT2D eigenvalue weighted by Gasteiger charge is 2.40. The van der Waals surface area contributed by atoms with Gasteiger partial charge in [0, 0.05) is 67.4 Å². The Kier molecular flexibility index (Phi) is 10.0. The number of halogens is 1. The van der Waals surface area contributed by atoms with Crippen LogP contribution >= 0.6 is 0 Å². The molecule has 48 heavy (non-hydrogen) atoms. The number of amides is 1. The van der Waals surface area contributed by atoms with Crippen LogP contribution in [0.25, 0.3) is 10.8 Å².